The van der Waals surface area contributed by atoms with E-state index >= 15 is 0 Å². The van der Waals surface area contributed by atoms with Gasteiger partial charge in [0.15, 0.2) is 17.3 Å². The summed E-state index contributed by atoms with van der Waals surface area (Å²) in [5.41, 5.74) is 2.80. The highest BCUT2D eigenvalue weighted by Crippen LogP contribution is 2.36. The van der Waals surface area contributed by atoms with Gasteiger partial charge in [0.1, 0.15) is 5.75 Å². The SMILES string of the molecule is O=C(CC1=NCCc2cc3c(cc21)OCO3)c1ccc(OC(F)(F)F)cc1. The Hall–Kier alpha value is -3.03. The zero-order chi connectivity index (χ0) is 19.0. The number of Topliss-reactive ketones (excluding diaryl/α,β-unsaturated/α-hetero) is 1. The van der Waals surface area contributed by atoms with E-state index in [1.807, 2.05) is 12.1 Å². The van der Waals surface area contributed by atoms with Gasteiger partial charge in [0.25, 0.3) is 0 Å². The predicted molar refractivity (Wildman–Crippen MR) is 89.7 cm³/mol. The lowest BCUT2D eigenvalue weighted by Gasteiger charge is -2.17. The van der Waals surface area contributed by atoms with Crippen LogP contribution in [0.15, 0.2) is 41.4 Å². The number of fused-ring (bicyclic) bond motifs is 2. The number of hydrogen-bond acceptors (Lipinski definition) is 5. The molecule has 0 radical (unpaired) electrons. The molecular weight excluding hydrogens is 363 g/mol. The first-order valence-corrected chi connectivity index (χ1v) is 8.24. The zero-order valence-electron chi connectivity index (χ0n) is 14.0. The second-order valence-electron chi connectivity index (χ2n) is 6.11. The van der Waals surface area contributed by atoms with Gasteiger partial charge in [0.05, 0.1) is 12.1 Å². The molecule has 2 aromatic carbocycles. The van der Waals surface area contributed by atoms with E-state index < -0.39 is 6.36 Å². The van der Waals surface area contributed by atoms with Crippen LogP contribution in [0.1, 0.15) is 27.9 Å². The summed E-state index contributed by atoms with van der Waals surface area (Å²) in [6.07, 6.45) is -3.97. The van der Waals surface area contributed by atoms with Crippen molar-refractivity contribution in [2.45, 2.75) is 19.2 Å². The molecule has 0 unspecified atom stereocenters. The van der Waals surface area contributed by atoms with Crippen molar-refractivity contribution in [2.75, 3.05) is 13.3 Å². The smallest absolute Gasteiger partial charge is 0.454 e. The molecule has 27 heavy (non-hydrogen) atoms. The van der Waals surface area contributed by atoms with Gasteiger partial charge in [0.2, 0.25) is 6.79 Å². The van der Waals surface area contributed by atoms with Crippen molar-refractivity contribution in [3.05, 3.63) is 53.1 Å². The van der Waals surface area contributed by atoms with E-state index in [2.05, 4.69) is 9.73 Å². The number of aliphatic imine (C=N–C) groups is 1. The molecular formula is C19H14F3NO4. The van der Waals surface area contributed by atoms with E-state index in [9.17, 15) is 18.0 Å². The Bertz CT molecular complexity index is 920. The minimum atomic E-state index is -4.77. The number of hydrogen-bond donors (Lipinski definition) is 0. The standard InChI is InChI=1S/C19H14F3NO4/c20-19(21,22)27-13-3-1-11(2-4-13)16(24)9-15-14-8-18-17(25-10-26-18)7-12(14)5-6-23-15/h1-4,7-8H,5-6,9-10H2. The summed E-state index contributed by atoms with van der Waals surface area (Å²) in [5, 5.41) is 0. The summed E-state index contributed by atoms with van der Waals surface area (Å²) >= 11 is 0. The van der Waals surface area contributed by atoms with Crippen LogP contribution in [0.3, 0.4) is 0 Å². The first-order valence-electron chi connectivity index (χ1n) is 8.24. The average Bonchev–Trinajstić information content (AvgIpc) is 3.07. The quantitative estimate of drug-likeness (QED) is 0.758. The van der Waals surface area contributed by atoms with Gasteiger partial charge < -0.3 is 14.2 Å². The number of ether oxygens (including phenoxy) is 3. The van der Waals surface area contributed by atoms with E-state index in [-0.39, 0.29) is 24.7 Å². The van der Waals surface area contributed by atoms with Gasteiger partial charge in [-0.1, -0.05) is 0 Å². The lowest BCUT2D eigenvalue weighted by Crippen LogP contribution is -2.18. The highest BCUT2D eigenvalue weighted by atomic mass is 19.4. The topological polar surface area (TPSA) is 57.1 Å². The fraction of sp³-hybridized carbons (Fsp3) is 0.263. The van der Waals surface area contributed by atoms with E-state index in [0.717, 1.165) is 29.7 Å². The summed E-state index contributed by atoms with van der Waals surface area (Å²) in [4.78, 5) is 17.0. The van der Waals surface area contributed by atoms with Crippen LogP contribution in [0, 0.1) is 0 Å². The van der Waals surface area contributed by atoms with E-state index in [0.29, 0.717) is 29.3 Å². The molecule has 0 atom stereocenters. The van der Waals surface area contributed by atoms with Crippen molar-refractivity contribution in [3.63, 3.8) is 0 Å². The Labute approximate surface area is 152 Å². The minimum absolute atomic E-state index is 0.0477. The molecule has 140 valence electrons. The van der Waals surface area contributed by atoms with Crippen LogP contribution in [0.25, 0.3) is 0 Å². The minimum Gasteiger partial charge on any atom is -0.454 e. The molecule has 0 saturated heterocycles. The molecule has 0 spiro atoms. The second-order valence-corrected chi connectivity index (χ2v) is 6.11. The summed E-state index contributed by atoms with van der Waals surface area (Å²) in [6, 6.07) is 8.59. The third-order valence-electron chi connectivity index (χ3n) is 4.33. The van der Waals surface area contributed by atoms with Crippen LogP contribution in [0.4, 0.5) is 13.2 Å². The molecule has 8 heteroatoms. The molecule has 2 heterocycles. The molecule has 2 aromatic rings. The third kappa shape index (κ3) is 3.74. The van der Waals surface area contributed by atoms with E-state index in [1.165, 1.54) is 12.1 Å². The van der Waals surface area contributed by atoms with Gasteiger partial charge in [-0.3, -0.25) is 9.79 Å². The average molecular weight is 377 g/mol. The molecule has 0 aliphatic carbocycles. The maximum Gasteiger partial charge on any atom is 0.573 e. The van der Waals surface area contributed by atoms with Gasteiger partial charge in [0, 0.05) is 17.7 Å². The van der Waals surface area contributed by atoms with Crippen molar-refractivity contribution in [1.29, 1.82) is 0 Å². The second kappa shape index (κ2) is 6.61. The fourth-order valence-corrected chi connectivity index (χ4v) is 3.10. The molecule has 0 saturated carbocycles. The normalized spacial score (nSPS) is 15.1. The van der Waals surface area contributed by atoms with Gasteiger partial charge >= 0.3 is 6.36 Å². The molecule has 0 bridgehead atoms. The molecule has 5 nitrogen and oxygen atoms in total. The van der Waals surface area contributed by atoms with Gasteiger partial charge in [-0.05, 0) is 48.4 Å². The van der Waals surface area contributed by atoms with Crippen molar-refractivity contribution < 1.29 is 32.2 Å². The molecule has 0 aromatic heterocycles. The number of rotatable bonds is 4. The zero-order valence-corrected chi connectivity index (χ0v) is 14.0. The van der Waals surface area contributed by atoms with Crippen molar-refractivity contribution in [1.82, 2.24) is 0 Å². The summed E-state index contributed by atoms with van der Waals surface area (Å²) in [5.74, 6) is 0.691. The monoisotopic (exact) mass is 377 g/mol. The number of carbonyl (C=O) groups excluding carboxylic acids is 1. The van der Waals surface area contributed by atoms with Crippen LogP contribution in [0.5, 0.6) is 17.2 Å². The highest BCUT2D eigenvalue weighted by Gasteiger charge is 2.31. The number of carbonyl (C=O) groups is 1. The van der Waals surface area contributed by atoms with Crippen molar-refractivity contribution >= 4 is 11.5 Å². The molecule has 0 amide bonds. The highest BCUT2D eigenvalue weighted by molar-refractivity contribution is 6.16. The van der Waals surface area contributed by atoms with Crippen LogP contribution < -0.4 is 14.2 Å². The third-order valence-corrected chi connectivity index (χ3v) is 4.33. The van der Waals surface area contributed by atoms with Gasteiger partial charge in [-0.2, -0.15) is 0 Å². The van der Waals surface area contributed by atoms with Gasteiger partial charge in [-0.15, -0.1) is 13.2 Å². The van der Waals surface area contributed by atoms with E-state index in [1.54, 1.807) is 0 Å². The largest absolute Gasteiger partial charge is 0.573 e. The van der Waals surface area contributed by atoms with Crippen molar-refractivity contribution in [2.24, 2.45) is 4.99 Å². The Morgan fingerprint density at radius 3 is 2.52 bits per heavy atom. The molecule has 2 aliphatic heterocycles. The molecule has 0 N–H and O–H groups in total. The number of benzene rings is 2. The number of nitrogens with zero attached hydrogens (tertiary/aromatic N) is 1. The van der Waals surface area contributed by atoms with Crippen LogP contribution >= 0.6 is 0 Å². The first-order chi connectivity index (χ1) is 12.9. The van der Waals surface area contributed by atoms with Gasteiger partial charge in [-0.25, -0.2) is 0 Å². The molecule has 2 aliphatic rings. The first kappa shape index (κ1) is 17.4. The lowest BCUT2D eigenvalue weighted by atomic mass is 9.93. The number of alkyl halides is 3. The van der Waals surface area contributed by atoms with Crippen LogP contribution in [-0.2, 0) is 6.42 Å². The van der Waals surface area contributed by atoms with Crippen LogP contribution in [0.2, 0.25) is 0 Å². The lowest BCUT2D eigenvalue weighted by molar-refractivity contribution is -0.274. The maximum absolute atomic E-state index is 12.6. The maximum atomic E-state index is 12.6. The van der Waals surface area contributed by atoms with E-state index in [4.69, 9.17) is 9.47 Å². The number of halogens is 3. The Morgan fingerprint density at radius 1 is 1.11 bits per heavy atom. The Kier molecular flexibility index (Phi) is 4.25. The summed E-state index contributed by atoms with van der Waals surface area (Å²) in [7, 11) is 0. The van der Waals surface area contributed by atoms with Crippen LogP contribution in [-0.4, -0.2) is 31.2 Å². The predicted octanol–water partition coefficient (Wildman–Crippen LogP) is 3.93. The van der Waals surface area contributed by atoms with Crippen molar-refractivity contribution in [3.8, 4) is 17.2 Å². The summed E-state index contributed by atoms with van der Waals surface area (Å²) in [6.45, 7) is 0.726. The Morgan fingerprint density at radius 2 is 1.81 bits per heavy atom. The molecule has 0 fully saturated rings. The summed E-state index contributed by atoms with van der Waals surface area (Å²) < 4.78 is 51.2. The Balaban J connectivity index is 1.51. The fourth-order valence-electron chi connectivity index (χ4n) is 3.10. The number of ketones is 1. The molecule has 4 rings (SSSR count).